The summed E-state index contributed by atoms with van der Waals surface area (Å²) in [6.45, 7) is 0.877. The van der Waals surface area contributed by atoms with Crippen molar-refractivity contribution in [1.82, 2.24) is 9.78 Å². The Morgan fingerprint density at radius 1 is 1.10 bits per heavy atom. The van der Waals surface area contributed by atoms with E-state index in [2.05, 4.69) is 10.4 Å². The van der Waals surface area contributed by atoms with Crippen LogP contribution in [0.15, 0.2) is 72.2 Å². The third-order valence-corrected chi connectivity index (χ3v) is 5.47. The molecule has 30 heavy (non-hydrogen) atoms. The number of rotatable bonds is 7. The first-order chi connectivity index (χ1) is 14.5. The standard InChI is InChI=1S/C22H17ClFN3O2S/c23-17-3-1-15(2-4-17)12-27-10-9-21(26-27)25-22(28)20-11-16(14-30-20)13-29-19-7-5-18(24)6-8-19/h1-11,14H,12-13H2,(H,25,26,28). The van der Waals surface area contributed by atoms with Crippen LogP contribution in [0.4, 0.5) is 10.2 Å². The van der Waals surface area contributed by atoms with E-state index in [1.54, 1.807) is 35.1 Å². The van der Waals surface area contributed by atoms with Crippen molar-refractivity contribution in [3.63, 3.8) is 0 Å². The molecule has 0 aliphatic rings. The van der Waals surface area contributed by atoms with Gasteiger partial charge in [0, 0.05) is 22.8 Å². The first kappa shape index (κ1) is 20.1. The molecule has 8 heteroatoms. The maximum absolute atomic E-state index is 12.9. The van der Waals surface area contributed by atoms with Crippen LogP contribution < -0.4 is 10.1 Å². The van der Waals surface area contributed by atoms with E-state index < -0.39 is 0 Å². The number of hydrogen-bond acceptors (Lipinski definition) is 4. The SMILES string of the molecule is O=C(Nc1ccn(Cc2ccc(Cl)cc2)n1)c1cc(COc2ccc(F)cc2)cs1. The molecule has 5 nitrogen and oxygen atoms in total. The predicted molar refractivity (Wildman–Crippen MR) is 116 cm³/mol. The fraction of sp³-hybridized carbons (Fsp3) is 0.0909. The van der Waals surface area contributed by atoms with Gasteiger partial charge in [-0.15, -0.1) is 11.3 Å². The lowest BCUT2D eigenvalue weighted by Crippen LogP contribution is -2.11. The molecule has 4 aromatic rings. The van der Waals surface area contributed by atoms with Gasteiger partial charge in [0.15, 0.2) is 5.82 Å². The van der Waals surface area contributed by atoms with Crippen LogP contribution in [0.2, 0.25) is 5.02 Å². The molecule has 2 aromatic carbocycles. The van der Waals surface area contributed by atoms with Crippen molar-refractivity contribution >= 4 is 34.7 Å². The number of aromatic nitrogens is 2. The quantitative estimate of drug-likeness (QED) is 0.405. The molecule has 0 aliphatic heterocycles. The Balaban J connectivity index is 1.32. The van der Waals surface area contributed by atoms with Crippen LogP contribution in [0.1, 0.15) is 20.8 Å². The maximum atomic E-state index is 12.9. The van der Waals surface area contributed by atoms with E-state index >= 15 is 0 Å². The van der Waals surface area contributed by atoms with Crippen molar-refractivity contribution in [2.45, 2.75) is 13.2 Å². The topological polar surface area (TPSA) is 56.2 Å². The van der Waals surface area contributed by atoms with E-state index in [1.165, 1.54) is 23.5 Å². The normalized spacial score (nSPS) is 10.7. The number of ether oxygens (including phenoxy) is 1. The zero-order valence-corrected chi connectivity index (χ0v) is 17.3. The first-order valence-electron chi connectivity index (χ1n) is 9.10. The molecule has 4 rings (SSSR count). The van der Waals surface area contributed by atoms with Gasteiger partial charge in [-0.25, -0.2) is 4.39 Å². The summed E-state index contributed by atoms with van der Waals surface area (Å²) in [5.41, 5.74) is 1.92. The zero-order chi connectivity index (χ0) is 20.9. The Morgan fingerprint density at radius 3 is 2.63 bits per heavy atom. The van der Waals surface area contributed by atoms with Crippen LogP contribution in [0.3, 0.4) is 0 Å². The molecule has 152 valence electrons. The summed E-state index contributed by atoms with van der Waals surface area (Å²) in [4.78, 5) is 13.1. The van der Waals surface area contributed by atoms with Crippen LogP contribution in [0.5, 0.6) is 5.75 Å². The summed E-state index contributed by atoms with van der Waals surface area (Å²) < 4.78 is 20.3. The van der Waals surface area contributed by atoms with Crippen LogP contribution in [0, 0.1) is 5.82 Å². The molecule has 0 aliphatic carbocycles. The highest BCUT2D eigenvalue weighted by atomic mass is 35.5. The van der Waals surface area contributed by atoms with E-state index in [1.807, 2.05) is 29.6 Å². The number of amides is 1. The molecule has 0 saturated heterocycles. The molecule has 0 saturated carbocycles. The highest BCUT2D eigenvalue weighted by Crippen LogP contribution is 2.19. The second-order valence-corrected chi connectivity index (χ2v) is 7.89. The van der Waals surface area contributed by atoms with Gasteiger partial charge in [-0.1, -0.05) is 23.7 Å². The molecule has 2 aromatic heterocycles. The molecular weight excluding hydrogens is 425 g/mol. The summed E-state index contributed by atoms with van der Waals surface area (Å²) in [5.74, 6) is 0.503. The highest BCUT2D eigenvalue weighted by molar-refractivity contribution is 7.12. The Hall–Kier alpha value is -3.16. The van der Waals surface area contributed by atoms with E-state index in [4.69, 9.17) is 16.3 Å². The Morgan fingerprint density at radius 2 is 1.87 bits per heavy atom. The van der Waals surface area contributed by atoms with E-state index in [0.717, 1.165) is 11.1 Å². The van der Waals surface area contributed by atoms with Crippen LogP contribution in [-0.4, -0.2) is 15.7 Å². The first-order valence-corrected chi connectivity index (χ1v) is 10.4. The van der Waals surface area contributed by atoms with Crippen molar-refractivity contribution in [3.05, 3.63) is 99.1 Å². The van der Waals surface area contributed by atoms with Gasteiger partial charge in [-0.2, -0.15) is 5.10 Å². The number of nitrogens with zero attached hydrogens (tertiary/aromatic N) is 2. The predicted octanol–water partition coefficient (Wildman–Crippen LogP) is 5.62. The van der Waals surface area contributed by atoms with Crippen molar-refractivity contribution in [2.75, 3.05) is 5.32 Å². The van der Waals surface area contributed by atoms with Gasteiger partial charge in [0.05, 0.1) is 11.4 Å². The van der Waals surface area contributed by atoms with Gasteiger partial charge in [-0.05, 0) is 53.4 Å². The van der Waals surface area contributed by atoms with E-state index in [9.17, 15) is 9.18 Å². The minimum absolute atomic E-state index is 0.232. The number of thiophene rings is 1. The molecule has 2 heterocycles. The molecule has 0 radical (unpaired) electrons. The highest BCUT2D eigenvalue weighted by Gasteiger charge is 2.12. The number of nitrogens with one attached hydrogen (secondary N) is 1. The molecule has 0 unspecified atom stereocenters. The maximum Gasteiger partial charge on any atom is 0.266 e. The fourth-order valence-electron chi connectivity index (χ4n) is 2.74. The summed E-state index contributed by atoms with van der Waals surface area (Å²) in [7, 11) is 0. The van der Waals surface area contributed by atoms with Crippen molar-refractivity contribution < 1.29 is 13.9 Å². The smallest absolute Gasteiger partial charge is 0.266 e. The lowest BCUT2D eigenvalue weighted by Gasteiger charge is -2.04. The zero-order valence-electron chi connectivity index (χ0n) is 15.7. The van der Waals surface area contributed by atoms with E-state index in [0.29, 0.717) is 34.6 Å². The second-order valence-electron chi connectivity index (χ2n) is 6.54. The molecule has 1 amide bonds. The number of carbonyl (C=O) groups is 1. The van der Waals surface area contributed by atoms with Crippen molar-refractivity contribution in [1.29, 1.82) is 0 Å². The molecule has 0 fully saturated rings. The van der Waals surface area contributed by atoms with Gasteiger partial charge in [0.1, 0.15) is 18.2 Å². The minimum atomic E-state index is -0.313. The second kappa shape index (κ2) is 9.11. The third-order valence-electron chi connectivity index (χ3n) is 4.24. The average molecular weight is 442 g/mol. The van der Waals surface area contributed by atoms with Crippen molar-refractivity contribution in [2.24, 2.45) is 0 Å². The van der Waals surface area contributed by atoms with Crippen LogP contribution >= 0.6 is 22.9 Å². The molecular formula is C22H17ClFN3O2S. The van der Waals surface area contributed by atoms with Crippen LogP contribution in [-0.2, 0) is 13.2 Å². The summed E-state index contributed by atoms with van der Waals surface area (Å²) in [6.07, 6.45) is 1.81. The van der Waals surface area contributed by atoms with Gasteiger partial charge >= 0.3 is 0 Å². The summed E-state index contributed by atoms with van der Waals surface area (Å²) in [6, 6.07) is 16.9. The number of benzene rings is 2. The van der Waals surface area contributed by atoms with Crippen molar-refractivity contribution in [3.8, 4) is 5.75 Å². The van der Waals surface area contributed by atoms with E-state index in [-0.39, 0.29) is 11.7 Å². The summed E-state index contributed by atoms with van der Waals surface area (Å²) in [5, 5.41) is 9.73. The van der Waals surface area contributed by atoms with Gasteiger partial charge in [-0.3, -0.25) is 9.48 Å². The lowest BCUT2D eigenvalue weighted by atomic mass is 10.2. The molecule has 0 atom stereocenters. The number of halogens is 2. The fourth-order valence-corrected chi connectivity index (χ4v) is 3.66. The Bertz CT molecular complexity index is 1140. The molecule has 0 spiro atoms. The molecule has 0 bridgehead atoms. The molecule has 1 N–H and O–H groups in total. The number of hydrogen-bond donors (Lipinski definition) is 1. The third kappa shape index (κ3) is 5.25. The largest absolute Gasteiger partial charge is 0.489 e. The van der Waals surface area contributed by atoms with Gasteiger partial charge < -0.3 is 10.1 Å². The summed E-state index contributed by atoms with van der Waals surface area (Å²) >= 11 is 7.23. The number of anilines is 1. The average Bonchev–Trinajstić information content (AvgIpc) is 3.39. The number of carbonyl (C=O) groups excluding carboxylic acids is 1. The van der Waals surface area contributed by atoms with Gasteiger partial charge in [0.2, 0.25) is 0 Å². The monoisotopic (exact) mass is 441 g/mol. The van der Waals surface area contributed by atoms with Gasteiger partial charge in [0.25, 0.3) is 5.91 Å². The Labute approximate surface area is 181 Å². The van der Waals surface area contributed by atoms with Crippen LogP contribution in [0.25, 0.3) is 0 Å². The lowest BCUT2D eigenvalue weighted by molar-refractivity contribution is 0.103. The minimum Gasteiger partial charge on any atom is -0.489 e. The Kier molecular flexibility index (Phi) is 6.11.